The Hall–Kier alpha value is -2.97. The molecular weight excluding hydrogens is 447 g/mol. The van der Waals surface area contributed by atoms with Crippen LogP contribution in [0.4, 0.5) is 15.9 Å². The number of anilines is 2. The zero-order chi connectivity index (χ0) is 23.6. The second kappa shape index (κ2) is 9.49. The van der Waals surface area contributed by atoms with E-state index in [0.29, 0.717) is 54.2 Å². The van der Waals surface area contributed by atoms with Crippen LogP contribution in [0, 0.1) is 5.82 Å². The van der Waals surface area contributed by atoms with Crippen LogP contribution in [0.2, 0.25) is 5.02 Å². The summed E-state index contributed by atoms with van der Waals surface area (Å²) in [6.07, 6.45) is 2.36. The van der Waals surface area contributed by atoms with Crippen LogP contribution in [0.25, 0.3) is 10.9 Å². The fraction of sp³-hybridized carbons (Fsp3) is 0.375. The fourth-order valence-corrected chi connectivity index (χ4v) is 4.06. The van der Waals surface area contributed by atoms with Crippen molar-refractivity contribution in [3.05, 3.63) is 47.5 Å². The van der Waals surface area contributed by atoms with Crippen LogP contribution >= 0.6 is 11.6 Å². The quantitative estimate of drug-likeness (QED) is 0.498. The van der Waals surface area contributed by atoms with E-state index in [2.05, 4.69) is 20.6 Å². The highest BCUT2D eigenvalue weighted by Crippen LogP contribution is 2.39. The number of fused-ring (bicyclic) bond motifs is 1. The van der Waals surface area contributed by atoms with Gasteiger partial charge in [-0.1, -0.05) is 17.7 Å². The molecule has 0 aliphatic carbocycles. The predicted molar refractivity (Wildman–Crippen MR) is 126 cm³/mol. The summed E-state index contributed by atoms with van der Waals surface area (Å²) in [5.74, 6) is 0.660. The van der Waals surface area contributed by atoms with Gasteiger partial charge in [-0.05, 0) is 52.1 Å². The number of nitrogens with zero attached hydrogens (tertiary/aromatic N) is 2. The van der Waals surface area contributed by atoms with Gasteiger partial charge in [0.05, 0.1) is 22.3 Å². The molecule has 2 N–H and O–H groups in total. The van der Waals surface area contributed by atoms with Gasteiger partial charge in [-0.2, -0.15) is 0 Å². The lowest BCUT2D eigenvalue weighted by molar-refractivity contribution is -0.134. The number of ketones is 1. The second-order valence-electron chi connectivity index (χ2n) is 8.33. The third-order valence-electron chi connectivity index (χ3n) is 5.63. The number of benzene rings is 2. The molecule has 0 atom stereocenters. The van der Waals surface area contributed by atoms with Crippen molar-refractivity contribution in [1.29, 1.82) is 0 Å². The van der Waals surface area contributed by atoms with Crippen molar-refractivity contribution < 1.29 is 18.7 Å². The molecule has 0 saturated carbocycles. The number of carbonyl (C=O) groups is 1. The van der Waals surface area contributed by atoms with Crippen LogP contribution < -0.4 is 20.1 Å². The molecule has 4 rings (SSSR count). The Morgan fingerprint density at radius 3 is 2.67 bits per heavy atom. The normalized spacial score (nSPS) is 15.5. The summed E-state index contributed by atoms with van der Waals surface area (Å²) in [5, 5.41) is 6.86. The summed E-state index contributed by atoms with van der Waals surface area (Å²) in [6.45, 7) is 6.73. The molecule has 7 nitrogen and oxygen atoms in total. The van der Waals surface area contributed by atoms with Gasteiger partial charge in [0.25, 0.3) is 0 Å². The molecule has 3 aromatic rings. The highest BCUT2D eigenvalue weighted by molar-refractivity contribution is 6.31. The lowest BCUT2D eigenvalue weighted by Gasteiger charge is -2.36. The van der Waals surface area contributed by atoms with E-state index in [4.69, 9.17) is 21.1 Å². The van der Waals surface area contributed by atoms with Gasteiger partial charge in [-0.25, -0.2) is 14.4 Å². The second-order valence-corrected chi connectivity index (χ2v) is 8.74. The Kier molecular flexibility index (Phi) is 6.67. The van der Waals surface area contributed by atoms with Crippen molar-refractivity contribution in [2.24, 2.45) is 0 Å². The molecule has 33 heavy (non-hydrogen) atoms. The Morgan fingerprint density at radius 1 is 1.21 bits per heavy atom. The summed E-state index contributed by atoms with van der Waals surface area (Å²) < 4.78 is 26.9. The van der Waals surface area contributed by atoms with Crippen LogP contribution in [0.1, 0.15) is 33.6 Å². The van der Waals surface area contributed by atoms with E-state index in [1.165, 1.54) is 12.4 Å². The number of hydrogen-bond donors (Lipinski definition) is 2. The molecule has 2 heterocycles. The molecule has 1 aromatic heterocycles. The van der Waals surface area contributed by atoms with E-state index in [-0.39, 0.29) is 22.6 Å². The predicted octanol–water partition coefficient (Wildman–Crippen LogP) is 5.04. The van der Waals surface area contributed by atoms with Crippen LogP contribution in [0.15, 0.2) is 36.7 Å². The van der Waals surface area contributed by atoms with Crippen LogP contribution in [0.5, 0.6) is 11.5 Å². The zero-order valence-corrected chi connectivity index (χ0v) is 19.5. The SMILES string of the molecule is CC(=O)C1(Oc2cc3c(Nc4cccc(Cl)c4F)ncnc3cc2OC(C)C)CCNCC1. The van der Waals surface area contributed by atoms with Crippen molar-refractivity contribution in [3.63, 3.8) is 0 Å². The molecule has 0 unspecified atom stereocenters. The minimum atomic E-state index is -0.948. The van der Waals surface area contributed by atoms with Gasteiger partial charge in [-0.3, -0.25) is 4.79 Å². The first-order valence-corrected chi connectivity index (χ1v) is 11.2. The summed E-state index contributed by atoms with van der Waals surface area (Å²) in [7, 11) is 0. The first-order chi connectivity index (χ1) is 15.8. The maximum absolute atomic E-state index is 14.5. The first kappa shape index (κ1) is 23.2. The third kappa shape index (κ3) is 4.86. The maximum Gasteiger partial charge on any atom is 0.173 e. The molecule has 2 aromatic carbocycles. The number of ether oxygens (including phenoxy) is 2. The summed E-state index contributed by atoms with van der Waals surface area (Å²) in [5.41, 5.74) is -0.179. The van der Waals surface area contributed by atoms with Gasteiger partial charge < -0.3 is 20.1 Å². The van der Waals surface area contributed by atoms with Gasteiger partial charge in [0, 0.05) is 24.3 Å². The molecule has 1 fully saturated rings. The fourth-order valence-electron chi connectivity index (χ4n) is 3.88. The standard InChI is InChI=1S/C24H26ClFN4O3/c1-14(2)32-20-12-19-16(11-21(20)33-24(15(3)31)7-9-27-10-8-24)23(29-13-28-19)30-18-6-4-5-17(25)22(18)26/h4-6,11-14,27H,7-10H2,1-3H3,(H,28,29,30). The molecule has 0 amide bonds. The Bertz CT molecular complexity index is 1180. The number of Topliss-reactive ketones (excluding diaryl/α,β-unsaturated/α-hetero) is 1. The number of aromatic nitrogens is 2. The molecule has 1 saturated heterocycles. The lowest BCUT2D eigenvalue weighted by Crippen LogP contribution is -2.51. The van der Waals surface area contributed by atoms with E-state index in [0.717, 1.165) is 0 Å². The van der Waals surface area contributed by atoms with Gasteiger partial charge in [0.1, 0.15) is 12.1 Å². The topological polar surface area (TPSA) is 85.4 Å². The summed E-state index contributed by atoms with van der Waals surface area (Å²) >= 11 is 5.92. The van der Waals surface area contributed by atoms with Gasteiger partial charge in [0.15, 0.2) is 28.7 Å². The van der Waals surface area contributed by atoms with Crippen LogP contribution in [-0.2, 0) is 4.79 Å². The van der Waals surface area contributed by atoms with Gasteiger partial charge in [-0.15, -0.1) is 0 Å². The van der Waals surface area contributed by atoms with Crippen molar-refractivity contribution in [1.82, 2.24) is 15.3 Å². The van der Waals surface area contributed by atoms with Gasteiger partial charge >= 0.3 is 0 Å². The highest BCUT2D eigenvalue weighted by atomic mass is 35.5. The first-order valence-electron chi connectivity index (χ1n) is 10.9. The van der Waals surface area contributed by atoms with E-state index < -0.39 is 11.4 Å². The molecule has 0 spiro atoms. The smallest absolute Gasteiger partial charge is 0.173 e. The Morgan fingerprint density at radius 2 is 1.97 bits per heavy atom. The number of nitrogens with one attached hydrogen (secondary N) is 2. The van der Waals surface area contributed by atoms with Crippen molar-refractivity contribution in [2.75, 3.05) is 18.4 Å². The van der Waals surface area contributed by atoms with E-state index >= 15 is 0 Å². The third-order valence-corrected chi connectivity index (χ3v) is 5.92. The summed E-state index contributed by atoms with van der Waals surface area (Å²) in [6, 6.07) is 8.18. The molecule has 0 radical (unpaired) electrons. The lowest BCUT2D eigenvalue weighted by atomic mass is 9.88. The molecule has 1 aliphatic heterocycles. The van der Waals surface area contributed by atoms with Crippen molar-refractivity contribution in [3.8, 4) is 11.5 Å². The Labute approximate surface area is 196 Å². The number of carbonyl (C=O) groups excluding carboxylic acids is 1. The van der Waals surface area contributed by atoms with Crippen molar-refractivity contribution in [2.45, 2.75) is 45.3 Å². The number of halogens is 2. The molecular formula is C24H26ClFN4O3. The van der Waals surface area contributed by atoms with Crippen LogP contribution in [0.3, 0.4) is 0 Å². The number of hydrogen-bond acceptors (Lipinski definition) is 7. The maximum atomic E-state index is 14.5. The molecule has 174 valence electrons. The van der Waals surface area contributed by atoms with E-state index in [1.54, 1.807) is 31.2 Å². The minimum Gasteiger partial charge on any atom is -0.487 e. The Balaban J connectivity index is 1.81. The van der Waals surface area contributed by atoms with Gasteiger partial charge in [0.2, 0.25) is 0 Å². The largest absolute Gasteiger partial charge is 0.487 e. The number of rotatable bonds is 7. The van der Waals surface area contributed by atoms with E-state index in [1.807, 2.05) is 13.8 Å². The molecule has 9 heteroatoms. The van der Waals surface area contributed by atoms with E-state index in [9.17, 15) is 9.18 Å². The van der Waals surface area contributed by atoms with Crippen molar-refractivity contribution >= 4 is 39.8 Å². The molecule has 0 bridgehead atoms. The summed E-state index contributed by atoms with van der Waals surface area (Å²) in [4.78, 5) is 21.3. The monoisotopic (exact) mass is 472 g/mol. The zero-order valence-electron chi connectivity index (χ0n) is 18.7. The highest BCUT2D eigenvalue weighted by Gasteiger charge is 2.40. The average Bonchev–Trinajstić information content (AvgIpc) is 2.78. The average molecular weight is 473 g/mol. The number of piperidine rings is 1. The van der Waals surface area contributed by atoms with Crippen LogP contribution in [-0.4, -0.2) is 40.5 Å². The minimum absolute atomic E-state index is 0.00399. The molecule has 1 aliphatic rings.